The van der Waals surface area contributed by atoms with Crippen LogP contribution in [0.4, 0.5) is 23.1 Å². The van der Waals surface area contributed by atoms with Crippen LogP contribution >= 0.6 is 0 Å². The Morgan fingerprint density at radius 2 is 1.82 bits per heavy atom. The van der Waals surface area contributed by atoms with Gasteiger partial charge in [-0.1, -0.05) is 12.8 Å². The number of fused-ring (bicyclic) bond motifs is 1. The lowest BCUT2D eigenvalue weighted by atomic mass is 10.0. The summed E-state index contributed by atoms with van der Waals surface area (Å²) in [4.78, 5) is 41.5. The van der Waals surface area contributed by atoms with Crippen LogP contribution in [0.2, 0.25) is 0 Å². The van der Waals surface area contributed by atoms with E-state index in [1.165, 1.54) is 12.8 Å². The van der Waals surface area contributed by atoms with Crippen molar-refractivity contribution in [2.75, 3.05) is 41.8 Å². The molecule has 1 saturated carbocycles. The summed E-state index contributed by atoms with van der Waals surface area (Å²) in [6.07, 6.45) is 8.88. The zero-order valence-electron chi connectivity index (χ0n) is 23.2. The minimum atomic E-state index is -0.0242. The predicted octanol–water partition coefficient (Wildman–Crippen LogP) is 4.25. The molecule has 2 amide bonds. The number of nitrogens with one attached hydrogen (secondary N) is 2. The standard InChI is InChI=1S/C29H41N7O2/c1-19(2)35-14-11-22(12-15-35)31-28(38)21-9-10-24(20(3)17-21)32-29-30-18-25-27(33-29)36(23-7-5-6-8-23)16-13-26(37)34(25)4/h9-10,17-19,22-23H,5-8,11-16H2,1-4H3,(H,31,38)(H,30,32,33). The van der Waals surface area contributed by atoms with E-state index in [0.29, 0.717) is 36.6 Å². The summed E-state index contributed by atoms with van der Waals surface area (Å²) in [6.45, 7) is 9.15. The second-order valence-electron chi connectivity index (χ2n) is 11.3. The Labute approximate surface area is 226 Å². The first-order valence-corrected chi connectivity index (χ1v) is 14.1. The van der Waals surface area contributed by atoms with Crippen LogP contribution in [0.5, 0.6) is 0 Å². The number of piperidine rings is 1. The van der Waals surface area contributed by atoms with Gasteiger partial charge in [-0.15, -0.1) is 0 Å². The van der Waals surface area contributed by atoms with Crippen molar-refractivity contribution in [1.29, 1.82) is 0 Å². The van der Waals surface area contributed by atoms with Gasteiger partial charge in [0, 0.05) is 62.5 Å². The Morgan fingerprint density at radius 3 is 2.50 bits per heavy atom. The minimum Gasteiger partial charge on any atom is -0.351 e. The molecular formula is C29H41N7O2. The summed E-state index contributed by atoms with van der Waals surface area (Å²) < 4.78 is 0. The minimum absolute atomic E-state index is 0.0242. The van der Waals surface area contributed by atoms with Crippen molar-refractivity contribution in [3.8, 4) is 0 Å². The molecule has 1 aromatic carbocycles. The van der Waals surface area contributed by atoms with Crippen LogP contribution in [0.25, 0.3) is 0 Å². The summed E-state index contributed by atoms with van der Waals surface area (Å²) >= 11 is 0. The van der Waals surface area contributed by atoms with Crippen LogP contribution in [0, 0.1) is 6.92 Å². The highest BCUT2D eigenvalue weighted by Gasteiger charge is 2.31. The number of anilines is 4. The van der Waals surface area contributed by atoms with E-state index < -0.39 is 0 Å². The second kappa shape index (κ2) is 11.3. The Balaban J connectivity index is 1.29. The van der Waals surface area contributed by atoms with Crippen LogP contribution in [0.1, 0.15) is 74.7 Å². The molecule has 2 aromatic rings. The number of hydrogen-bond donors (Lipinski definition) is 2. The summed E-state index contributed by atoms with van der Waals surface area (Å²) in [5, 5.41) is 6.58. The maximum absolute atomic E-state index is 13.0. The normalized spacial score (nSPS) is 19.6. The number of nitrogens with zero attached hydrogens (tertiary/aromatic N) is 5. The molecule has 38 heavy (non-hydrogen) atoms. The van der Waals surface area contributed by atoms with Gasteiger partial charge in [0.1, 0.15) is 5.69 Å². The largest absolute Gasteiger partial charge is 0.351 e. The average molecular weight is 520 g/mol. The van der Waals surface area contributed by atoms with Crippen LogP contribution in [0.3, 0.4) is 0 Å². The first kappa shape index (κ1) is 26.4. The molecule has 0 atom stereocenters. The van der Waals surface area contributed by atoms with E-state index in [-0.39, 0.29) is 17.9 Å². The van der Waals surface area contributed by atoms with Crippen molar-refractivity contribution in [2.24, 2.45) is 0 Å². The molecule has 3 aliphatic rings. The Morgan fingerprint density at radius 1 is 1.08 bits per heavy atom. The third-order valence-corrected chi connectivity index (χ3v) is 8.42. The topological polar surface area (TPSA) is 93.7 Å². The molecule has 3 heterocycles. The van der Waals surface area contributed by atoms with Gasteiger partial charge in [0.25, 0.3) is 5.91 Å². The molecule has 0 spiro atoms. The Hall–Kier alpha value is -3.20. The number of aryl methyl sites for hydroxylation is 1. The summed E-state index contributed by atoms with van der Waals surface area (Å²) in [5.41, 5.74) is 3.23. The molecule has 9 heteroatoms. The summed E-state index contributed by atoms with van der Waals surface area (Å²) in [6, 6.07) is 6.87. The summed E-state index contributed by atoms with van der Waals surface area (Å²) in [7, 11) is 1.80. The third-order valence-electron chi connectivity index (χ3n) is 8.42. The first-order chi connectivity index (χ1) is 18.3. The molecule has 1 aliphatic carbocycles. The highest BCUT2D eigenvalue weighted by molar-refractivity contribution is 5.97. The number of amides is 2. The molecule has 5 rings (SSSR count). The van der Waals surface area contributed by atoms with Crippen molar-refractivity contribution < 1.29 is 9.59 Å². The number of hydrogen-bond acceptors (Lipinski definition) is 7. The zero-order chi connectivity index (χ0) is 26.8. The molecule has 0 unspecified atom stereocenters. The van der Waals surface area contributed by atoms with E-state index in [1.807, 2.05) is 25.1 Å². The maximum atomic E-state index is 13.0. The summed E-state index contributed by atoms with van der Waals surface area (Å²) in [5.74, 6) is 1.38. The van der Waals surface area contributed by atoms with Gasteiger partial charge >= 0.3 is 0 Å². The molecule has 2 aliphatic heterocycles. The molecule has 1 aromatic heterocycles. The number of aromatic nitrogens is 2. The fourth-order valence-corrected chi connectivity index (χ4v) is 5.96. The SMILES string of the molecule is Cc1cc(C(=O)NC2CCN(C(C)C)CC2)ccc1Nc1ncc2c(n1)N(C1CCCC1)CCC(=O)N2C. The number of rotatable bonds is 6. The van der Waals surface area contributed by atoms with E-state index in [2.05, 4.69) is 39.3 Å². The lowest BCUT2D eigenvalue weighted by Gasteiger charge is -2.34. The zero-order valence-corrected chi connectivity index (χ0v) is 23.2. The van der Waals surface area contributed by atoms with Gasteiger partial charge < -0.3 is 25.3 Å². The van der Waals surface area contributed by atoms with E-state index >= 15 is 0 Å². The van der Waals surface area contributed by atoms with Gasteiger partial charge in [0.2, 0.25) is 11.9 Å². The van der Waals surface area contributed by atoms with E-state index in [0.717, 1.165) is 61.5 Å². The number of carbonyl (C=O) groups excluding carboxylic acids is 2. The second-order valence-corrected chi connectivity index (χ2v) is 11.3. The van der Waals surface area contributed by atoms with E-state index in [4.69, 9.17) is 4.98 Å². The molecule has 2 fully saturated rings. The van der Waals surface area contributed by atoms with Gasteiger partial charge in [-0.25, -0.2) is 4.98 Å². The number of carbonyl (C=O) groups is 2. The van der Waals surface area contributed by atoms with Crippen molar-refractivity contribution in [3.05, 3.63) is 35.5 Å². The lowest BCUT2D eigenvalue weighted by molar-refractivity contribution is -0.118. The highest BCUT2D eigenvalue weighted by Crippen LogP contribution is 2.36. The molecular weight excluding hydrogens is 478 g/mol. The van der Waals surface area contributed by atoms with Crippen LogP contribution in [-0.4, -0.2) is 71.5 Å². The van der Waals surface area contributed by atoms with Gasteiger partial charge in [0.15, 0.2) is 5.82 Å². The fraction of sp³-hybridized carbons (Fsp3) is 0.586. The van der Waals surface area contributed by atoms with Gasteiger partial charge in [0.05, 0.1) is 6.20 Å². The van der Waals surface area contributed by atoms with Crippen LogP contribution < -0.4 is 20.4 Å². The van der Waals surface area contributed by atoms with Gasteiger partial charge in [-0.2, -0.15) is 4.98 Å². The number of likely N-dealkylation sites (tertiary alicyclic amines) is 1. The molecule has 9 nitrogen and oxygen atoms in total. The van der Waals surface area contributed by atoms with Gasteiger partial charge in [-0.05, 0) is 70.2 Å². The van der Waals surface area contributed by atoms with Crippen LogP contribution in [-0.2, 0) is 4.79 Å². The molecule has 2 N–H and O–H groups in total. The fourth-order valence-electron chi connectivity index (χ4n) is 5.96. The predicted molar refractivity (Wildman–Crippen MR) is 151 cm³/mol. The Kier molecular flexibility index (Phi) is 7.83. The Bertz CT molecular complexity index is 1170. The van der Waals surface area contributed by atoms with E-state index in [9.17, 15) is 9.59 Å². The van der Waals surface area contributed by atoms with Crippen molar-refractivity contribution in [2.45, 2.75) is 83.8 Å². The highest BCUT2D eigenvalue weighted by atomic mass is 16.2. The van der Waals surface area contributed by atoms with E-state index in [1.54, 1.807) is 18.1 Å². The lowest BCUT2D eigenvalue weighted by Crippen LogP contribution is -2.46. The van der Waals surface area contributed by atoms with Crippen molar-refractivity contribution in [1.82, 2.24) is 20.2 Å². The molecule has 0 bridgehead atoms. The quantitative estimate of drug-likeness (QED) is 0.589. The third kappa shape index (κ3) is 5.62. The monoisotopic (exact) mass is 519 g/mol. The van der Waals surface area contributed by atoms with Gasteiger partial charge in [-0.3, -0.25) is 9.59 Å². The molecule has 204 valence electrons. The first-order valence-electron chi connectivity index (χ1n) is 14.1. The molecule has 0 radical (unpaired) electrons. The molecule has 1 saturated heterocycles. The smallest absolute Gasteiger partial charge is 0.251 e. The van der Waals surface area contributed by atoms with Crippen LogP contribution in [0.15, 0.2) is 24.4 Å². The van der Waals surface area contributed by atoms with Crippen molar-refractivity contribution in [3.63, 3.8) is 0 Å². The van der Waals surface area contributed by atoms with Crippen molar-refractivity contribution >= 4 is 35.0 Å². The number of benzene rings is 1. The average Bonchev–Trinajstić information content (AvgIpc) is 3.41. The maximum Gasteiger partial charge on any atom is 0.251 e.